The zero-order valence-electron chi connectivity index (χ0n) is 10.2. The largest absolute Gasteiger partial charge is 0.228 e. The SMILES string of the molecule is Fc1cc2nc(-c3cccc(F)c3F)nc(Cl)c2cc1F. The lowest BCUT2D eigenvalue weighted by molar-refractivity contribution is 0.510. The standard InChI is InChI=1S/C14H5ClF4N2/c15-13-7-4-9(17)10(18)5-11(7)20-14(21-13)6-2-1-3-8(16)12(6)19/h1-5H. The fourth-order valence-corrected chi connectivity index (χ4v) is 2.11. The second-order valence-electron chi connectivity index (χ2n) is 4.22. The molecule has 21 heavy (non-hydrogen) atoms. The van der Waals surface area contributed by atoms with Gasteiger partial charge in [0.25, 0.3) is 0 Å². The van der Waals surface area contributed by atoms with Crippen molar-refractivity contribution in [3.8, 4) is 11.4 Å². The third-order valence-corrected chi connectivity index (χ3v) is 3.17. The van der Waals surface area contributed by atoms with Crippen LogP contribution in [0.15, 0.2) is 30.3 Å². The number of halogens is 5. The van der Waals surface area contributed by atoms with Gasteiger partial charge >= 0.3 is 0 Å². The number of hydrogen-bond acceptors (Lipinski definition) is 2. The average Bonchev–Trinajstić information content (AvgIpc) is 2.44. The highest BCUT2D eigenvalue weighted by molar-refractivity contribution is 6.34. The lowest BCUT2D eigenvalue weighted by atomic mass is 10.1. The van der Waals surface area contributed by atoms with E-state index in [-0.39, 0.29) is 27.4 Å². The summed E-state index contributed by atoms with van der Waals surface area (Å²) in [5, 5.41) is -0.103. The normalized spacial score (nSPS) is 11.1. The molecule has 3 rings (SSSR count). The van der Waals surface area contributed by atoms with Crippen LogP contribution in [0.2, 0.25) is 5.15 Å². The van der Waals surface area contributed by atoms with Gasteiger partial charge in [-0.2, -0.15) is 0 Å². The van der Waals surface area contributed by atoms with Crippen LogP contribution < -0.4 is 0 Å². The molecule has 0 N–H and O–H groups in total. The number of aromatic nitrogens is 2. The topological polar surface area (TPSA) is 25.8 Å². The Labute approximate surface area is 121 Å². The summed E-state index contributed by atoms with van der Waals surface area (Å²) in [5.74, 6) is -4.65. The van der Waals surface area contributed by atoms with Crippen LogP contribution in [0.3, 0.4) is 0 Å². The van der Waals surface area contributed by atoms with Crippen LogP contribution in [0.25, 0.3) is 22.3 Å². The molecule has 2 nitrogen and oxygen atoms in total. The Hall–Kier alpha value is -2.21. The maximum absolute atomic E-state index is 13.7. The van der Waals surface area contributed by atoms with Crippen LogP contribution in [0.5, 0.6) is 0 Å². The zero-order valence-corrected chi connectivity index (χ0v) is 10.9. The smallest absolute Gasteiger partial charge is 0.169 e. The second-order valence-corrected chi connectivity index (χ2v) is 4.58. The van der Waals surface area contributed by atoms with Crippen molar-refractivity contribution in [2.75, 3.05) is 0 Å². The van der Waals surface area contributed by atoms with Gasteiger partial charge in [-0.1, -0.05) is 17.7 Å². The lowest BCUT2D eigenvalue weighted by Crippen LogP contribution is -1.97. The van der Waals surface area contributed by atoms with Crippen LogP contribution in [0.1, 0.15) is 0 Å². The molecule has 0 aliphatic rings. The Kier molecular flexibility index (Phi) is 3.25. The van der Waals surface area contributed by atoms with Crippen LogP contribution in [0, 0.1) is 23.3 Å². The summed E-state index contributed by atoms with van der Waals surface area (Å²) in [6.07, 6.45) is 0. The summed E-state index contributed by atoms with van der Waals surface area (Å²) in [5.41, 5.74) is -0.226. The summed E-state index contributed by atoms with van der Waals surface area (Å²) in [4.78, 5) is 7.70. The van der Waals surface area contributed by atoms with E-state index < -0.39 is 23.3 Å². The van der Waals surface area contributed by atoms with Gasteiger partial charge in [0.05, 0.1) is 11.1 Å². The van der Waals surface area contributed by atoms with Gasteiger partial charge in [-0.25, -0.2) is 27.5 Å². The summed E-state index contributed by atoms with van der Waals surface area (Å²) in [6, 6.07) is 5.14. The highest BCUT2D eigenvalue weighted by Gasteiger charge is 2.16. The minimum absolute atomic E-state index is 0.00689. The molecule has 106 valence electrons. The minimum Gasteiger partial charge on any atom is -0.228 e. The minimum atomic E-state index is -1.14. The first kappa shape index (κ1) is 13.8. The number of benzene rings is 2. The third kappa shape index (κ3) is 2.31. The molecular formula is C14H5ClF4N2. The Balaban J connectivity index is 2.30. The lowest BCUT2D eigenvalue weighted by Gasteiger charge is -2.06. The Bertz CT molecular complexity index is 867. The maximum Gasteiger partial charge on any atom is 0.169 e. The van der Waals surface area contributed by atoms with Crippen molar-refractivity contribution in [2.45, 2.75) is 0 Å². The van der Waals surface area contributed by atoms with Gasteiger partial charge in [-0.15, -0.1) is 0 Å². The van der Waals surface area contributed by atoms with Crippen molar-refractivity contribution in [1.29, 1.82) is 0 Å². The van der Waals surface area contributed by atoms with E-state index in [4.69, 9.17) is 11.6 Å². The van der Waals surface area contributed by atoms with Crippen molar-refractivity contribution in [1.82, 2.24) is 9.97 Å². The van der Waals surface area contributed by atoms with Crippen LogP contribution in [0.4, 0.5) is 17.6 Å². The summed E-state index contributed by atoms with van der Waals surface area (Å²) < 4.78 is 53.4. The van der Waals surface area contributed by atoms with E-state index in [1.807, 2.05) is 0 Å². The first-order valence-corrected chi connectivity index (χ1v) is 6.12. The molecule has 0 fully saturated rings. The number of hydrogen-bond donors (Lipinski definition) is 0. The molecule has 3 aromatic rings. The van der Waals surface area contributed by atoms with E-state index in [0.29, 0.717) is 0 Å². The maximum atomic E-state index is 13.7. The molecule has 0 saturated heterocycles. The fourth-order valence-electron chi connectivity index (χ4n) is 1.88. The molecule has 0 spiro atoms. The van der Waals surface area contributed by atoms with Crippen LogP contribution >= 0.6 is 11.6 Å². The van der Waals surface area contributed by atoms with Gasteiger partial charge in [0.2, 0.25) is 0 Å². The van der Waals surface area contributed by atoms with Crippen molar-refractivity contribution in [3.63, 3.8) is 0 Å². The van der Waals surface area contributed by atoms with E-state index >= 15 is 0 Å². The molecular weight excluding hydrogens is 308 g/mol. The number of fused-ring (bicyclic) bond motifs is 1. The summed E-state index contributed by atoms with van der Waals surface area (Å²) >= 11 is 5.87. The molecule has 0 atom stereocenters. The molecule has 0 aliphatic heterocycles. The fraction of sp³-hybridized carbons (Fsp3) is 0. The highest BCUT2D eigenvalue weighted by Crippen LogP contribution is 2.28. The Morgan fingerprint density at radius 3 is 2.33 bits per heavy atom. The van der Waals surface area contributed by atoms with Crippen molar-refractivity contribution in [3.05, 3.63) is 58.8 Å². The molecule has 0 unspecified atom stereocenters. The highest BCUT2D eigenvalue weighted by atomic mass is 35.5. The monoisotopic (exact) mass is 312 g/mol. The van der Waals surface area contributed by atoms with Crippen molar-refractivity contribution < 1.29 is 17.6 Å². The van der Waals surface area contributed by atoms with Gasteiger partial charge in [0.15, 0.2) is 29.1 Å². The van der Waals surface area contributed by atoms with Crippen molar-refractivity contribution in [2.24, 2.45) is 0 Å². The van der Waals surface area contributed by atoms with Gasteiger partial charge in [0, 0.05) is 11.5 Å². The summed E-state index contributed by atoms with van der Waals surface area (Å²) in [7, 11) is 0. The molecule has 0 radical (unpaired) electrons. The van der Waals surface area contributed by atoms with Gasteiger partial charge in [-0.05, 0) is 18.2 Å². The molecule has 0 saturated carbocycles. The molecule has 7 heteroatoms. The predicted molar refractivity (Wildman–Crippen MR) is 69.8 cm³/mol. The number of nitrogens with zero attached hydrogens (tertiary/aromatic N) is 2. The second kappa shape index (κ2) is 4.96. The first-order chi connectivity index (χ1) is 9.97. The van der Waals surface area contributed by atoms with E-state index in [9.17, 15) is 17.6 Å². The van der Waals surface area contributed by atoms with Crippen LogP contribution in [-0.2, 0) is 0 Å². The molecule has 1 heterocycles. The molecule has 0 bridgehead atoms. The zero-order chi connectivity index (χ0) is 15.1. The predicted octanol–water partition coefficient (Wildman–Crippen LogP) is 4.51. The Morgan fingerprint density at radius 2 is 1.57 bits per heavy atom. The van der Waals surface area contributed by atoms with E-state index in [1.54, 1.807) is 0 Å². The van der Waals surface area contributed by atoms with Gasteiger partial charge in [-0.3, -0.25) is 0 Å². The van der Waals surface area contributed by atoms with Gasteiger partial charge in [0.1, 0.15) is 5.15 Å². The molecule has 0 amide bonds. The molecule has 1 aromatic heterocycles. The Morgan fingerprint density at radius 1 is 0.857 bits per heavy atom. The third-order valence-electron chi connectivity index (χ3n) is 2.88. The van der Waals surface area contributed by atoms with E-state index in [2.05, 4.69) is 9.97 Å². The van der Waals surface area contributed by atoms with Crippen LogP contribution in [-0.4, -0.2) is 9.97 Å². The first-order valence-electron chi connectivity index (χ1n) is 5.74. The number of rotatable bonds is 1. The molecule has 0 aliphatic carbocycles. The van der Waals surface area contributed by atoms with Gasteiger partial charge < -0.3 is 0 Å². The quantitative estimate of drug-likeness (QED) is 0.488. The molecule has 2 aromatic carbocycles. The van der Waals surface area contributed by atoms with E-state index in [1.165, 1.54) is 12.1 Å². The summed E-state index contributed by atoms with van der Waals surface area (Å²) in [6.45, 7) is 0. The average molecular weight is 313 g/mol. The van der Waals surface area contributed by atoms with Crippen molar-refractivity contribution >= 4 is 22.5 Å². The van der Waals surface area contributed by atoms with E-state index in [0.717, 1.165) is 18.2 Å².